The van der Waals surface area contributed by atoms with Crippen LogP contribution in [0.4, 0.5) is 0 Å². The molecule has 1 fully saturated rings. The van der Waals surface area contributed by atoms with Gasteiger partial charge in [-0.3, -0.25) is 0 Å². The summed E-state index contributed by atoms with van der Waals surface area (Å²) in [5.41, 5.74) is -0.0560. The van der Waals surface area contributed by atoms with Gasteiger partial charge in [0.2, 0.25) is 0 Å². The maximum atomic E-state index is 5.53. The maximum Gasteiger partial charge on any atom is 0.106 e. The predicted octanol–water partition coefficient (Wildman–Crippen LogP) is 1.52. The molecule has 1 unspecified atom stereocenters. The lowest BCUT2D eigenvalue weighted by molar-refractivity contribution is -0.0156. The van der Waals surface area contributed by atoms with Gasteiger partial charge in [0.05, 0.1) is 6.61 Å². The van der Waals surface area contributed by atoms with Crippen LogP contribution in [0.15, 0.2) is 0 Å². The molecule has 1 aliphatic rings. The fraction of sp³-hybridized carbons (Fsp3) is 1.00. The standard InChI is InChI=1S/C11H23NO2S/c1-13-11(5-7-14-10-11)9-12-6-3-4-8-15-2/h12H,3-10H2,1-2H3. The normalized spacial score (nSPS) is 26.0. The minimum absolute atomic E-state index is 0.0560. The number of hydrogen-bond donors (Lipinski definition) is 1. The molecule has 0 aliphatic carbocycles. The van der Waals surface area contributed by atoms with E-state index in [9.17, 15) is 0 Å². The molecular formula is C11H23NO2S. The molecule has 15 heavy (non-hydrogen) atoms. The summed E-state index contributed by atoms with van der Waals surface area (Å²) in [5.74, 6) is 1.26. The number of nitrogens with one attached hydrogen (secondary N) is 1. The van der Waals surface area contributed by atoms with Crippen LogP contribution in [0, 0.1) is 0 Å². The third kappa shape index (κ3) is 4.72. The van der Waals surface area contributed by atoms with Crippen molar-refractivity contribution in [3.8, 4) is 0 Å². The molecular weight excluding hydrogens is 210 g/mol. The molecule has 4 heteroatoms. The zero-order valence-corrected chi connectivity index (χ0v) is 10.7. The Hall–Kier alpha value is 0.230. The Morgan fingerprint density at radius 3 is 2.93 bits per heavy atom. The molecule has 0 spiro atoms. The van der Waals surface area contributed by atoms with Crippen LogP contribution in [0.1, 0.15) is 19.3 Å². The van der Waals surface area contributed by atoms with E-state index in [4.69, 9.17) is 9.47 Å². The van der Waals surface area contributed by atoms with Crippen molar-refractivity contribution in [2.24, 2.45) is 0 Å². The summed E-state index contributed by atoms with van der Waals surface area (Å²) in [7, 11) is 1.78. The van der Waals surface area contributed by atoms with Gasteiger partial charge >= 0.3 is 0 Å². The molecule has 0 aromatic carbocycles. The molecule has 90 valence electrons. The quantitative estimate of drug-likeness (QED) is 0.644. The molecule has 1 atom stereocenters. The van der Waals surface area contributed by atoms with Gasteiger partial charge in [-0.15, -0.1) is 0 Å². The van der Waals surface area contributed by atoms with Crippen molar-refractivity contribution in [1.29, 1.82) is 0 Å². The highest BCUT2D eigenvalue weighted by molar-refractivity contribution is 7.98. The van der Waals surface area contributed by atoms with E-state index >= 15 is 0 Å². The summed E-state index contributed by atoms with van der Waals surface area (Å²) < 4.78 is 10.9. The van der Waals surface area contributed by atoms with Gasteiger partial charge < -0.3 is 14.8 Å². The summed E-state index contributed by atoms with van der Waals surface area (Å²) in [6.07, 6.45) is 5.72. The Bertz CT molecular complexity index is 161. The molecule has 0 radical (unpaired) electrons. The van der Waals surface area contributed by atoms with Crippen molar-refractivity contribution >= 4 is 11.8 Å². The van der Waals surface area contributed by atoms with Gasteiger partial charge in [0, 0.05) is 26.7 Å². The average molecular weight is 233 g/mol. The topological polar surface area (TPSA) is 30.5 Å². The number of rotatable bonds is 8. The van der Waals surface area contributed by atoms with Crippen LogP contribution in [-0.2, 0) is 9.47 Å². The molecule has 0 bridgehead atoms. The van der Waals surface area contributed by atoms with Crippen molar-refractivity contribution in [1.82, 2.24) is 5.32 Å². The minimum atomic E-state index is -0.0560. The van der Waals surface area contributed by atoms with Crippen LogP contribution in [0.25, 0.3) is 0 Å². The third-order valence-corrected chi connectivity index (χ3v) is 3.60. The Labute approximate surface area is 97.3 Å². The van der Waals surface area contributed by atoms with E-state index in [2.05, 4.69) is 11.6 Å². The molecule has 1 aliphatic heterocycles. The summed E-state index contributed by atoms with van der Waals surface area (Å²) >= 11 is 1.92. The van der Waals surface area contributed by atoms with Gasteiger partial charge in [-0.1, -0.05) is 0 Å². The van der Waals surface area contributed by atoms with E-state index in [1.54, 1.807) is 7.11 Å². The van der Waals surface area contributed by atoms with Crippen molar-refractivity contribution in [3.63, 3.8) is 0 Å². The SMILES string of the molecule is COC1(CNCCCCSC)CCOC1. The van der Waals surface area contributed by atoms with Crippen molar-refractivity contribution in [2.75, 3.05) is 45.4 Å². The number of thioether (sulfide) groups is 1. The lowest BCUT2D eigenvalue weighted by Crippen LogP contribution is -2.43. The molecule has 1 N–H and O–H groups in total. The molecule has 1 rings (SSSR count). The first kappa shape index (κ1) is 13.3. The summed E-state index contributed by atoms with van der Waals surface area (Å²) in [5, 5.41) is 3.46. The summed E-state index contributed by atoms with van der Waals surface area (Å²) in [6.45, 7) is 3.58. The highest BCUT2D eigenvalue weighted by Gasteiger charge is 2.34. The van der Waals surface area contributed by atoms with E-state index in [1.807, 2.05) is 11.8 Å². The number of methoxy groups -OCH3 is 1. The third-order valence-electron chi connectivity index (χ3n) is 2.90. The molecule has 0 amide bonds. The summed E-state index contributed by atoms with van der Waals surface area (Å²) in [4.78, 5) is 0. The Balaban J connectivity index is 2.02. The van der Waals surface area contributed by atoms with Crippen molar-refractivity contribution in [3.05, 3.63) is 0 Å². The van der Waals surface area contributed by atoms with E-state index in [-0.39, 0.29) is 5.60 Å². The second-order valence-corrected chi connectivity index (χ2v) is 5.05. The van der Waals surface area contributed by atoms with Gasteiger partial charge in [-0.2, -0.15) is 11.8 Å². The van der Waals surface area contributed by atoms with Crippen LogP contribution in [0.3, 0.4) is 0 Å². The van der Waals surface area contributed by atoms with E-state index < -0.39 is 0 Å². The Morgan fingerprint density at radius 2 is 2.33 bits per heavy atom. The summed E-state index contributed by atoms with van der Waals surface area (Å²) in [6, 6.07) is 0. The van der Waals surface area contributed by atoms with Gasteiger partial charge in [0.1, 0.15) is 5.60 Å². The van der Waals surface area contributed by atoms with Crippen molar-refractivity contribution < 1.29 is 9.47 Å². The van der Waals surface area contributed by atoms with E-state index in [0.717, 1.165) is 32.7 Å². The van der Waals surface area contributed by atoms with Gasteiger partial charge in [-0.25, -0.2) is 0 Å². The second-order valence-electron chi connectivity index (χ2n) is 4.07. The minimum Gasteiger partial charge on any atom is -0.378 e. The van der Waals surface area contributed by atoms with E-state index in [0.29, 0.717) is 0 Å². The van der Waals surface area contributed by atoms with Crippen LogP contribution in [0.5, 0.6) is 0 Å². The number of unbranched alkanes of at least 4 members (excludes halogenated alkanes) is 1. The van der Waals surface area contributed by atoms with Crippen LogP contribution < -0.4 is 5.32 Å². The molecule has 0 aromatic heterocycles. The van der Waals surface area contributed by atoms with Crippen molar-refractivity contribution in [2.45, 2.75) is 24.9 Å². The zero-order chi connectivity index (χ0) is 11.0. The largest absolute Gasteiger partial charge is 0.378 e. The lowest BCUT2D eigenvalue weighted by Gasteiger charge is -2.26. The lowest BCUT2D eigenvalue weighted by atomic mass is 10.0. The molecule has 1 heterocycles. The molecule has 1 saturated heterocycles. The number of hydrogen-bond acceptors (Lipinski definition) is 4. The second kappa shape index (κ2) is 7.49. The van der Waals surface area contributed by atoms with Gasteiger partial charge in [0.15, 0.2) is 0 Å². The average Bonchev–Trinajstić information content (AvgIpc) is 2.73. The first-order chi connectivity index (χ1) is 7.33. The van der Waals surface area contributed by atoms with Crippen LogP contribution in [-0.4, -0.2) is 51.0 Å². The van der Waals surface area contributed by atoms with Crippen LogP contribution in [0.2, 0.25) is 0 Å². The first-order valence-corrected chi connectivity index (χ1v) is 7.05. The maximum absolute atomic E-state index is 5.53. The number of ether oxygens (including phenoxy) is 2. The molecule has 3 nitrogen and oxygen atoms in total. The predicted molar refractivity (Wildman–Crippen MR) is 65.7 cm³/mol. The van der Waals surface area contributed by atoms with Crippen LogP contribution >= 0.6 is 11.8 Å². The first-order valence-electron chi connectivity index (χ1n) is 5.65. The molecule has 0 saturated carbocycles. The zero-order valence-electron chi connectivity index (χ0n) is 9.88. The Kier molecular flexibility index (Phi) is 6.64. The Morgan fingerprint density at radius 1 is 1.47 bits per heavy atom. The highest BCUT2D eigenvalue weighted by atomic mass is 32.2. The fourth-order valence-corrected chi connectivity index (χ4v) is 2.27. The molecule has 0 aromatic rings. The smallest absolute Gasteiger partial charge is 0.106 e. The van der Waals surface area contributed by atoms with E-state index in [1.165, 1.54) is 18.6 Å². The highest BCUT2D eigenvalue weighted by Crippen LogP contribution is 2.21. The van der Waals surface area contributed by atoms with Gasteiger partial charge in [0.25, 0.3) is 0 Å². The van der Waals surface area contributed by atoms with Gasteiger partial charge in [-0.05, 0) is 31.4 Å². The fourth-order valence-electron chi connectivity index (χ4n) is 1.77. The monoisotopic (exact) mass is 233 g/mol.